The predicted molar refractivity (Wildman–Crippen MR) is 59.3 cm³/mol. The van der Waals surface area contributed by atoms with Crippen LogP contribution in [0.5, 0.6) is 5.75 Å². The highest BCUT2D eigenvalue weighted by Gasteiger charge is 2.28. The lowest BCUT2D eigenvalue weighted by Crippen LogP contribution is -2.18. The molecule has 0 radical (unpaired) electrons. The number of rotatable bonds is 5. The molecule has 0 bridgehead atoms. The molecule has 0 unspecified atom stereocenters. The van der Waals surface area contributed by atoms with Crippen LogP contribution in [0.4, 0.5) is 13.2 Å². The van der Waals surface area contributed by atoms with E-state index in [0.717, 1.165) is 16.7 Å². The molecule has 0 spiro atoms. The molecule has 102 valence electrons. The molecule has 18 heavy (non-hydrogen) atoms. The van der Waals surface area contributed by atoms with E-state index in [2.05, 4.69) is 4.74 Å². The molecule has 1 rings (SSSR count). The third-order valence-electron chi connectivity index (χ3n) is 2.30. The fourth-order valence-electron chi connectivity index (χ4n) is 1.66. The Morgan fingerprint density at radius 2 is 1.67 bits per heavy atom. The molecule has 0 saturated heterocycles. The van der Waals surface area contributed by atoms with E-state index in [0.29, 0.717) is 5.75 Å². The summed E-state index contributed by atoms with van der Waals surface area (Å²) >= 11 is 0. The van der Waals surface area contributed by atoms with E-state index < -0.39 is 13.0 Å². The fraction of sp³-hybridized carbons (Fsp3) is 0.500. The van der Waals surface area contributed by atoms with Gasteiger partial charge in [-0.15, -0.1) is 13.2 Å². The minimum atomic E-state index is -4.63. The maximum Gasteiger partial charge on any atom is 0.522 e. The van der Waals surface area contributed by atoms with Gasteiger partial charge >= 0.3 is 6.36 Å². The summed E-state index contributed by atoms with van der Waals surface area (Å²) in [7, 11) is 0. The number of hydrogen-bond acceptors (Lipinski definition) is 3. The molecule has 6 heteroatoms. The van der Waals surface area contributed by atoms with Crippen molar-refractivity contribution in [2.75, 3.05) is 13.2 Å². The van der Waals surface area contributed by atoms with E-state index in [1.807, 2.05) is 0 Å². The molecule has 1 aromatic carbocycles. The Morgan fingerprint density at radius 3 is 2.11 bits per heavy atom. The maximum atomic E-state index is 11.7. The normalized spacial score (nSPS) is 11.7. The van der Waals surface area contributed by atoms with E-state index >= 15 is 0 Å². The largest absolute Gasteiger partial charge is 0.522 e. The van der Waals surface area contributed by atoms with Crippen LogP contribution in [0.2, 0.25) is 0 Å². The second kappa shape index (κ2) is 6.06. The zero-order valence-electron chi connectivity index (χ0n) is 10.2. The van der Waals surface area contributed by atoms with Gasteiger partial charge in [-0.3, -0.25) is 4.74 Å². The summed E-state index contributed by atoms with van der Waals surface area (Å²) in [5, 5.41) is 9.00. The van der Waals surface area contributed by atoms with Crippen molar-refractivity contribution in [1.29, 1.82) is 0 Å². The number of hydrogen-bond donors (Lipinski definition) is 1. The van der Waals surface area contributed by atoms with Gasteiger partial charge in [-0.2, -0.15) is 0 Å². The Balaban J connectivity index is 2.57. The number of aryl methyl sites for hydroxylation is 2. The second-order valence-corrected chi connectivity index (χ2v) is 3.86. The molecule has 0 amide bonds. The van der Waals surface area contributed by atoms with E-state index in [1.165, 1.54) is 0 Å². The number of aliphatic hydroxyl groups excluding tert-OH is 1. The van der Waals surface area contributed by atoms with Crippen LogP contribution >= 0.6 is 0 Å². The van der Waals surface area contributed by atoms with Gasteiger partial charge in [0.25, 0.3) is 0 Å². The summed E-state index contributed by atoms with van der Waals surface area (Å²) < 4.78 is 44.1. The second-order valence-electron chi connectivity index (χ2n) is 3.86. The van der Waals surface area contributed by atoms with E-state index in [1.54, 1.807) is 26.0 Å². The molecule has 1 aromatic rings. The lowest BCUT2D eigenvalue weighted by molar-refractivity contribution is -0.325. The number of halogens is 3. The fourth-order valence-corrected chi connectivity index (χ4v) is 1.66. The first-order valence-electron chi connectivity index (χ1n) is 5.38. The van der Waals surface area contributed by atoms with Crippen molar-refractivity contribution < 1.29 is 27.8 Å². The smallest absolute Gasteiger partial charge is 0.491 e. The molecular formula is C12H15F3O3. The lowest BCUT2D eigenvalue weighted by Gasteiger charge is -2.14. The molecular weight excluding hydrogens is 249 g/mol. The summed E-state index contributed by atoms with van der Waals surface area (Å²) in [5.41, 5.74) is 2.28. The van der Waals surface area contributed by atoms with E-state index in [-0.39, 0.29) is 13.2 Å². The Hall–Kier alpha value is -1.27. The Morgan fingerprint density at radius 1 is 1.11 bits per heavy atom. The van der Waals surface area contributed by atoms with Crippen LogP contribution in [0, 0.1) is 13.8 Å². The van der Waals surface area contributed by atoms with Gasteiger partial charge in [-0.1, -0.05) is 12.1 Å². The van der Waals surface area contributed by atoms with E-state index in [4.69, 9.17) is 9.84 Å². The third kappa shape index (κ3) is 4.54. The molecule has 0 saturated carbocycles. The molecule has 3 nitrogen and oxygen atoms in total. The van der Waals surface area contributed by atoms with Crippen molar-refractivity contribution in [3.05, 3.63) is 28.8 Å². The molecule has 0 fully saturated rings. The van der Waals surface area contributed by atoms with Crippen LogP contribution in [-0.2, 0) is 11.3 Å². The quantitative estimate of drug-likeness (QED) is 0.831. The van der Waals surface area contributed by atoms with Gasteiger partial charge in [0.05, 0.1) is 13.2 Å². The van der Waals surface area contributed by atoms with Crippen LogP contribution < -0.4 is 4.74 Å². The average molecular weight is 264 g/mol. The van der Waals surface area contributed by atoms with Crippen LogP contribution in [0.25, 0.3) is 0 Å². The molecule has 0 aliphatic heterocycles. The summed E-state index contributed by atoms with van der Waals surface area (Å²) in [5.74, 6) is 0.526. The van der Waals surface area contributed by atoms with Gasteiger partial charge in [-0.05, 0) is 30.5 Å². The van der Waals surface area contributed by atoms with Gasteiger partial charge < -0.3 is 9.84 Å². The molecule has 0 heterocycles. The van der Waals surface area contributed by atoms with Crippen LogP contribution in [0.1, 0.15) is 16.7 Å². The third-order valence-corrected chi connectivity index (χ3v) is 2.30. The Kier molecular flexibility index (Phi) is 4.98. The van der Waals surface area contributed by atoms with Crippen LogP contribution in [0.15, 0.2) is 12.1 Å². The van der Waals surface area contributed by atoms with Crippen molar-refractivity contribution in [2.45, 2.75) is 26.8 Å². The molecule has 1 N–H and O–H groups in total. The van der Waals surface area contributed by atoms with Gasteiger partial charge in [0.2, 0.25) is 0 Å². The standard InChI is InChI=1S/C12H15F3O3/c1-8-5-10(7-16)6-9(2)11(8)17-3-4-18-12(13,14)15/h5-6,16H,3-4,7H2,1-2H3. The maximum absolute atomic E-state index is 11.7. The van der Waals surface area contributed by atoms with Crippen molar-refractivity contribution >= 4 is 0 Å². The predicted octanol–water partition coefficient (Wildman–Crippen LogP) is 2.71. The summed E-state index contributed by atoms with van der Waals surface area (Å²) in [4.78, 5) is 0. The molecule has 0 aromatic heterocycles. The van der Waals surface area contributed by atoms with Gasteiger partial charge in [-0.25, -0.2) is 0 Å². The number of aliphatic hydroxyl groups is 1. The number of alkyl halides is 3. The van der Waals surface area contributed by atoms with Crippen LogP contribution in [0.3, 0.4) is 0 Å². The zero-order valence-corrected chi connectivity index (χ0v) is 10.2. The molecule has 0 aliphatic carbocycles. The number of ether oxygens (including phenoxy) is 2. The van der Waals surface area contributed by atoms with E-state index in [9.17, 15) is 13.2 Å². The summed E-state index contributed by atoms with van der Waals surface area (Å²) in [6, 6.07) is 3.46. The lowest BCUT2D eigenvalue weighted by atomic mass is 10.1. The highest BCUT2D eigenvalue weighted by molar-refractivity contribution is 5.43. The van der Waals surface area contributed by atoms with Crippen molar-refractivity contribution in [2.24, 2.45) is 0 Å². The highest BCUT2D eigenvalue weighted by Crippen LogP contribution is 2.25. The average Bonchev–Trinajstić information content (AvgIpc) is 2.25. The van der Waals surface area contributed by atoms with Crippen molar-refractivity contribution in [1.82, 2.24) is 0 Å². The topological polar surface area (TPSA) is 38.7 Å². The van der Waals surface area contributed by atoms with Crippen molar-refractivity contribution in [3.63, 3.8) is 0 Å². The minimum absolute atomic E-state index is 0.0842. The minimum Gasteiger partial charge on any atom is -0.491 e. The van der Waals surface area contributed by atoms with Crippen molar-refractivity contribution in [3.8, 4) is 5.75 Å². The van der Waals surface area contributed by atoms with Gasteiger partial charge in [0, 0.05) is 0 Å². The first-order valence-corrected chi connectivity index (χ1v) is 5.38. The first-order chi connectivity index (χ1) is 8.33. The monoisotopic (exact) mass is 264 g/mol. The summed E-state index contributed by atoms with van der Waals surface area (Å²) in [6.45, 7) is 2.72. The Labute approximate surface area is 103 Å². The molecule has 0 atom stereocenters. The zero-order chi connectivity index (χ0) is 13.8. The first kappa shape index (κ1) is 14.8. The molecule has 0 aliphatic rings. The van der Waals surface area contributed by atoms with Gasteiger partial charge in [0.1, 0.15) is 12.4 Å². The van der Waals surface area contributed by atoms with Crippen LogP contribution in [-0.4, -0.2) is 24.7 Å². The van der Waals surface area contributed by atoms with Gasteiger partial charge in [0.15, 0.2) is 0 Å². The Bertz CT molecular complexity index is 379. The SMILES string of the molecule is Cc1cc(CO)cc(C)c1OCCOC(F)(F)F. The summed E-state index contributed by atoms with van der Waals surface area (Å²) in [6.07, 6.45) is -4.63. The highest BCUT2D eigenvalue weighted by atomic mass is 19.4. The number of benzene rings is 1.